The summed E-state index contributed by atoms with van der Waals surface area (Å²) in [7, 11) is -3.47. The molecule has 0 fully saturated rings. The molecule has 0 amide bonds. The Labute approximate surface area is 116 Å². The van der Waals surface area contributed by atoms with Crippen LogP contribution in [0.3, 0.4) is 0 Å². The van der Waals surface area contributed by atoms with Crippen LogP contribution >= 0.6 is 0 Å². The van der Waals surface area contributed by atoms with Crippen LogP contribution in [0.2, 0.25) is 0 Å². The first kappa shape index (κ1) is 18.2. The maximum atomic E-state index is 11.5. The molecule has 15 heavy (non-hydrogen) atoms. The van der Waals surface area contributed by atoms with Crippen LogP contribution in [0.5, 0.6) is 0 Å². The van der Waals surface area contributed by atoms with Gasteiger partial charge >= 0.3 is 10.3 Å². The van der Waals surface area contributed by atoms with Gasteiger partial charge in [-0.3, -0.25) is 4.18 Å². The largest absolute Gasteiger partial charge is 0.338 e. The molecule has 0 heterocycles. The molecule has 0 aromatic carbocycles. The zero-order valence-electron chi connectivity index (χ0n) is 10.3. The summed E-state index contributed by atoms with van der Waals surface area (Å²) in [6.45, 7) is 7.05. The second-order valence-corrected chi connectivity index (χ2v) is 4.73. The van der Waals surface area contributed by atoms with Gasteiger partial charge in [0.25, 0.3) is 0 Å². The molecule has 4 nitrogen and oxygen atoms in total. The summed E-state index contributed by atoms with van der Waals surface area (Å²) in [6, 6.07) is 0. The van der Waals surface area contributed by atoms with Gasteiger partial charge in [-0.25, -0.2) is 0 Å². The molecule has 0 saturated carbocycles. The number of nitrogens with zero attached hydrogens (tertiary/aromatic N) is 1. The van der Waals surface area contributed by atoms with E-state index in [9.17, 15) is 8.42 Å². The van der Waals surface area contributed by atoms with E-state index in [1.54, 1.807) is 0 Å². The normalized spacial score (nSPS) is 11.5. The van der Waals surface area contributed by atoms with Crippen LogP contribution in [0, 0.1) is 0 Å². The van der Waals surface area contributed by atoms with Crippen LogP contribution in [0.1, 0.15) is 40.0 Å². The van der Waals surface area contributed by atoms with Crippen molar-refractivity contribution < 1.29 is 12.6 Å². The molecule has 0 spiro atoms. The minimum absolute atomic E-state index is 0. The first-order valence-electron chi connectivity index (χ1n) is 5.23. The molecule has 1 radical (unpaired) electrons. The van der Waals surface area contributed by atoms with Crippen molar-refractivity contribution >= 4 is 39.9 Å². The van der Waals surface area contributed by atoms with Crippen LogP contribution in [0.15, 0.2) is 0 Å². The fourth-order valence-corrected chi connectivity index (χ4v) is 2.22. The molecule has 0 unspecified atom stereocenters. The van der Waals surface area contributed by atoms with Gasteiger partial charge in [-0.2, -0.15) is 12.7 Å². The van der Waals surface area contributed by atoms with Crippen molar-refractivity contribution in [3.05, 3.63) is 0 Å². The molecule has 87 valence electrons. The Morgan fingerprint density at radius 3 is 2.13 bits per heavy atom. The van der Waals surface area contributed by atoms with E-state index in [0.29, 0.717) is 19.5 Å². The molecule has 0 saturated heterocycles. The number of hydrogen-bond donors (Lipinski definition) is 0. The van der Waals surface area contributed by atoms with Crippen LogP contribution in [0.25, 0.3) is 0 Å². The van der Waals surface area contributed by atoms with Crippen molar-refractivity contribution in [2.75, 3.05) is 19.7 Å². The van der Waals surface area contributed by atoms with E-state index in [0.717, 1.165) is 12.8 Å². The Kier molecular flexibility index (Phi) is 12.2. The molecule has 0 aliphatic rings. The van der Waals surface area contributed by atoms with E-state index in [1.807, 2.05) is 20.8 Å². The Balaban J connectivity index is 0. The van der Waals surface area contributed by atoms with Gasteiger partial charge in [0.15, 0.2) is 0 Å². The van der Waals surface area contributed by atoms with Crippen molar-refractivity contribution in [3.8, 4) is 0 Å². The average Bonchev–Trinajstić information content (AvgIpc) is 2.16. The first-order valence-corrected chi connectivity index (χ1v) is 6.59. The molecule has 0 aromatic heterocycles. The zero-order chi connectivity index (χ0) is 11.0. The van der Waals surface area contributed by atoms with Crippen LogP contribution in [-0.2, 0) is 14.5 Å². The van der Waals surface area contributed by atoms with E-state index >= 15 is 0 Å². The van der Waals surface area contributed by atoms with Crippen molar-refractivity contribution in [2.45, 2.75) is 40.0 Å². The van der Waals surface area contributed by atoms with Crippen molar-refractivity contribution in [1.82, 2.24) is 4.31 Å². The summed E-state index contributed by atoms with van der Waals surface area (Å²) in [5.41, 5.74) is 0. The van der Waals surface area contributed by atoms with Crippen molar-refractivity contribution in [1.29, 1.82) is 0 Å². The Hall–Kier alpha value is 0.870. The van der Waals surface area contributed by atoms with Gasteiger partial charge in [-0.05, 0) is 12.8 Å². The van der Waals surface area contributed by atoms with Crippen molar-refractivity contribution in [2.24, 2.45) is 0 Å². The Morgan fingerprint density at radius 1 is 1.13 bits per heavy atom. The zero-order valence-corrected chi connectivity index (χ0v) is 13.1. The number of hydrogen-bond acceptors (Lipinski definition) is 3. The van der Waals surface area contributed by atoms with Gasteiger partial charge in [-0.1, -0.05) is 27.2 Å². The second-order valence-electron chi connectivity index (χ2n) is 3.12. The summed E-state index contributed by atoms with van der Waals surface area (Å²) < 4.78 is 29.3. The summed E-state index contributed by atoms with van der Waals surface area (Å²) >= 11 is 0. The minimum Gasteiger partial charge on any atom is -0.258 e. The predicted octanol–water partition coefficient (Wildman–Crippen LogP) is 1.40. The monoisotopic (exact) mass is 246 g/mol. The quantitative estimate of drug-likeness (QED) is 0.608. The van der Waals surface area contributed by atoms with Crippen LogP contribution < -0.4 is 0 Å². The molecular formula is C9H21NNaO3S. The van der Waals surface area contributed by atoms with E-state index < -0.39 is 10.3 Å². The first-order chi connectivity index (χ1) is 6.58. The fraction of sp³-hybridized carbons (Fsp3) is 1.00. The molecular weight excluding hydrogens is 225 g/mol. The fourth-order valence-electron chi connectivity index (χ4n) is 1.03. The third-order valence-corrected chi connectivity index (χ3v) is 3.40. The molecule has 0 atom stereocenters. The molecule has 0 aliphatic heterocycles. The predicted molar refractivity (Wildman–Crippen MR) is 63.1 cm³/mol. The Bertz CT molecular complexity index is 232. The van der Waals surface area contributed by atoms with Gasteiger partial charge in [0, 0.05) is 42.6 Å². The van der Waals surface area contributed by atoms with E-state index in [2.05, 4.69) is 0 Å². The topological polar surface area (TPSA) is 46.6 Å². The van der Waals surface area contributed by atoms with Crippen LogP contribution in [-0.4, -0.2) is 62.0 Å². The number of unbranched alkanes of at least 4 members (excludes halogenated alkanes) is 1. The summed E-state index contributed by atoms with van der Waals surface area (Å²) in [6.07, 6.45) is 2.58. The van der Waals surface area contributed by atoms with E-state index in [-0.39, 0.29) is 36.2 Å². The Morgan fingerprint density at radius 2 is 1.73 bits per heavy atom. The summed E-state index contributed by atoms with van der Waals surface area (Å²) in [4.78, 5) is 0. The van der Waals surface area contributed by atoms with E-state index in [4.69, 9.17) is 4.18 Å². The third-order valence-electron chi connectivity index (χ3n) is 1.87. The minimum atomic E-state index is -3.47. The maximum Gasteiger partial charge on any atom is 0.338 e. The van der Waals surface area contributed by atoms with Gasteiger partial charge in [0.05, 0.1) is 6.61 Å². The molecule has 0 aliphatic carbocycles. The average molecular weight is 246 g/mol. The molecule has 0 aromatic rings. The second kappa shape index (κ2) is 10.1. The maximum absolute atomic E-state index is 11.5. The molecule has 0 rings (SSSR count). The van der Waals surface area contributed by atoms with Gasteiger partial charge in [0.1, 0.15) is 0 Å². The smallest absolute Gasteiger partial charge is 0.258 e. The van der Waals surface area contributed by atoms with Gasteiger partial charge in [-0.15, -0.1) is 0 Å². The van der Waals surface area contributed by atoms with Crippen LogP contribution in [0.4, 0.5) is 0 Å². The third kappa shape index (κ3) is 7.71. The molecule has 0 bridgehead atoms. The summed E-state index contributed by atoms with van der Waals surface area (Å²) in [5, 5.41) is 0. The molecule has 6 heteroatoms. The van der Waals surface area contributed by atoms with E-state index in [1.165, 1.54) is 4.31 Å². The standard InChI is InChI=1S/C9H21NO3S.Na/c1-4-7-8-10(6-3)14(11,12)13-9-5-2;/h4-9H2,1-3H3;. The number of rotatable bonds is 8. The SMILES string of the molecule is CCCCN(CC)S(=O)(=O)OCCC.[Na]. The van der Waals surface area contributed by atoms with Gasteiger partial charge in [0.2, 0.25) is 0 Å². The van der Waals surface area contributed by atoms with Crippen molar-refractivity contribution in [3.63, 3.8) is 0 Å². The van der Waals surface area contributed by atoms with Gasteiger partial charge < -0.3 is 0 Å². The summed E-state index contributed by atoms with van der Waals surface area (Å²) in [5.74, 6) is 0. The molecule has 0 N–H and O–H groups in total.